The fraction of sp³-hybridized carbons (Fsp3) is 0.250. The zero-order chi connectivity index (χ0) is 12.4. The van der Waals surface area contributed by atoms with Gasteiger partial charge in [0.2, 0.25) is 5.84 Å². The molecule has 2 rings (SSSR count). The van der Waals surface area contributed by atoms with E-state index in [1.54, 1.807) is 0 Å². The van der Waals surface area contributed by atoms with E-state index in [2.05, 4.69) is 5.16 Å². The van der Waals surface area contributed by atoms with Gasteiger partial charge in [-0.15, -0.1) is 0 Å². The number of hydrogen-bond acceptors (Lipinski definition) is 4. The van der Waals surface area contributed by atoms with Gasteiger partial charge in [-0.3, -0.25) is 0 Å². The maximum atomic E-state index is 8.68. The van der Waals surface area contributed by atoms with Gasteiger partial charge in [-0.05, 0) is 19.9 Å². The van der Waals surface area contributed by atoms with Crippen LogP contribution in [0.1, 0.15) is 18.2 Å². The number of nitrogens with zero attached hydrogens (tertiary/aromatic N) is 1. The zero-order valence-electron chi connectivity index (χ0n) is 9.73. The number of fused-ring (bicyclic) bond motifs is 1. The highest BCUT2D eigenvalue weighted by molar-refractivity contribution is 6.01. The van der Waals surface area contributed by atoms with E-state index in [-0.39, 0.29) is 5.84 Å². The Kier molecular flexibility index (Phi) is 2.91. The van der Waals surface area contributed by atoms with Crippen LogP contribution < -0.4 is 10.5 Å². The number of benzene rings is 1. The monoisotopic (exact) mass is 234 g/mol. The molecular weight excluding hydrogens is 220 g/mol. The van der Waals surface area contributed by atoms with E-state index < -0.39 is 0 Å². The Morgan fingerprint density at radius 2 is 2.29 bits per heavy atom. The number of nitrogens with two attached hydrogens (primary N) is 1. The number of furan rings is 1. The van der Waals surface area contributed by atoms with E-state index in [1.807, 2.05) is 32.0 Å². The molecule has 5 nitrogen and oxygen atoms in total. The predicted molar refractivity (Wildman–Crippen MR) is 64.6 cm³/mol. The number of rotatable bonds is 3. The molecule has 0 saturated heterocycles. The molecular formula is C12H14N2O3. The van der Waals surface area contributed by atoms with Crippen molar-refractivity contribution in [3.63, 3.8) is 0 Å². The minimum Gasteiger partial charge on any atom is -0.490 e. The van der Waals surface area contributed by atoms with Gasteiger partial charge in [0.15, 0.2) is 17.1 Å². The first-order chi connectivity index (χ1) is 8.19. The Bertz CT molecular complexity index is 572. The second kappa shape index (κ2) is 4.37. The molecule has 5 heteroatoms. The third-order valence-corrected chi connectivity index (χ3v) is 2.57. The maximum Gasteiger partial charge on any atom is 0.206 e. The lowest BCUT2D eigenvalue weighted by atomic mass is 10.1. The summed E-state index contributed by atoms with van der Waals surface area (Å²) in [6.45, 7) is 4.31. The molecule has 0 aliphatic rings. The summed E-state index contributed by atoms with van der Waals surface area (Å²) in [7, 11) is 0. The summed E-state index contributed by atoms with van der Waals surface area (Å²) in [4.78, 5) is 0. The Morgan fingerprint density at radius 3 is 2.94 bits per heavy atom. The van der Waals surface area contributed by atoms with Crippen molar-refractivity contribution >= 4 is 16.8 Å². The normalized spacial score (nSPS) is 12.0. The fourth-order valence-corrected chi connectivity index (χ4v) is 1.78. The molecule has 0 unspecified atom stereocenters. The Labute approximate surface area is 98.5 Å². The summed E-state index contributed by atoms with van der Waals surface area (Å²) in [5.74, 6) is 0.987. The standard InChI is InChI=1S/C12H14N2O3/c1-3-16-9-6-4-5-8-7(2)10(12(13)14-15)17-11(8)9/h4-6,15H,3H2,1-2H3,(H2,13,14). The van der Waals surface area contributed by atoms with E-state index in [0.717, 1.165) is 10.9 Å². The first kappa shape index (κ1) is 11.3. The van der Waals surface area contributed by atoms with Crippen LogP contribution in [0, 0.1) is 6.92 Å². The van der Waals surface area contributed by atoms with Crippen LogP contribution in [-0.2, 0) is 0 Å². The largest absolute Gasteiger partial charge is 0.490 e. The summed E-state index contributed by atoms with van der Waals surface area (Å²) >= 11 is 0. The van der Waals surface area contributed by atoms with Gasteiger partial charge in [0.05, 0.1) is 6.61 Å². The Hall–Kier alpha value is -2.17. The van der Waals surface area contributed by atoms with Crippen LogP contribution in [-0.4, -0.2) is 17.6 Å². The van der Waals surface area contributed by atoms with Crippen LogP contribution in [0.2, 0.25) is 0 Å². The number of oxime groups is 1. The molecule has 0 fully saturated rings. The molecule has 0 amide bonds. The van der Waals surface area contributed by atoms with Gasteiger partial charge in [-0.25, -0.2) is 0 Å². The highest BCUT2D eigenvalue weighted by Crippen LogP contribution is 2.32. The lowest BCUT2D eigenvalue weighted by molar-refractivity contribution is 0.317. The SMILES string of the molecule is CCOc1cccc2c(C)c(C(N)=NO)oc12. The molecule has 17 heavy (non-hydrogen) atoms. The molecule has 90 valence electrons. The summed E-state index contributed by atoms with van der Waals surface area (Å²) in [6.07, 6.45) is 0. The van der Waals surface area contributed by atoms with Crippen molar-refractivity contribution in [2.24, 2.45) is 10.9 Å². The van der Waals surface area contributed by atoms with E-state index in [0.29, 0.717) is 23.7 Å². The molecule has 0 bridgehead atoms. The minimum atomic E-state index is -0.0406. The van der Waals surface area contributed by atoms with Crippen molar-refractivity contribution in [1.82, 2.24) is 0 Å². The van der Waals surface area contributed by atoms with Gasteiger partial charge >= 0.3 is 0 Å². The van der Waals surface area contributed by atoms with Crippen molar-refractivity contribution < 1.29 is 14.4 Å². The number of aryl methyl sites for hydroxylation is 1. The summed E-state index contributed by atoms with van der Waals surface area (Å²) < 4.78 is 11.1. The van der Waals surface area contributed by atoms with Crippen molar-refractivity contribution in [1.29, 1.82) is 0 Å². The van der Waals surface area contributed by atoms with Crippen molar-refractivity contribution in [3.05, 3.63) is 29.5 Å². The summed E-state index contributed by atoms with van der Waals surface area (Å²) in [6, 6.07) is 5.61. The van der Waals surface area contributed by atoms with Crippen molar-refractivity contribution in [2.45, 2.75) is 13.8 Å². The van der Waals surface area contributed by atoms with Gasteiger partial charge < -0.3 is 20.1 Å². The van der Waals surface area contributed by atoms with Gasteiger partial charge in [0.25, 0.3) is 0 Å². The molecule has 0 radical (unpaired) electrons. The Morgan fingerprint density at radius 1 is 1.53 bits per heavy atom. The highest BCUT2D eigenvalue weighted by atomic mass is 16.5. The van der Waals surface area contributed by atoms with Crippen LogP contribution in [0.5, 0.6) is 5.75 Å². The number of hydrogen-bond donors (Lipinski definition) is 2. The molecule has 0 aliphatic carbocycles. The highest BCUT2D eigenvalue weighted by Gasteiger charge is 2.16. The van der Waals surface area contributed by atoms with Gasteiger partial charge in [-0.1, -0.05) is 17.3 Å². The second-order valence-corrected chi connectivity index (χ2v) is 3.61. The van der Waals surface area contributed by atoms with E-state index in [1.165, 1.54) is 0 Å². The average Bonchev–Trinajstić information content (AvgIpc) is 2.68. The number of para-hydroxylation sites is 1. The van der Waals surface area contributed by atoms with Crippen molar-refractivity contribution in [3.8, 4) is 5.75 Å². The third kappa shape index (κ3) is 1.80. The fourth-order valence-electron chi connectivity index (χ4n) is 1.78. The van der Waals surface area contributed by atoms with Gasteiger partial charge in [0, 0.05) is 10.9 Å². The molecule has 1 heterocycles. The molecule has 0 saturated carbocycles. The maximum absolute atomic E-state index is 8.68. The molecule has 2 aromatic rings. The Balaban J connectivity index is 2.68. The number of ether oxygens (including phenoxy) is 1. The minimum absolute atomic E-state index is 0.0406. The smallest absolute Gasteiger partial charge is 0.206 e. The molecule has 1 aromatic carbocycles. The van der Waals surface area contributed by atoms with Gasteiger partial charge in [-0.2, -0.15) is 0 Å². The third-order valence-electron chi connectivity index (χ3n) is 2.57. The zero-order valence-corrected chi connectivity index (χ0v) is 9.73. The van der Waals surface area contributed by atoms with Crippen LogP contribution in [0.15, 0.2) is 27.8 Å². The first-order valence-corrected chi connectivity index (χ1v) is 5.31. The molecule has 0 aliphatic heterocycles. The van der Waals surface area contributed by atoms with Crippen LogP contribution in [0.4, 0.5) is 0 Å². The summed E-state index contributed by atoms with van der Waals surface area (Å²) in [5, 5.41) is 12.5. The molecule has 0 spiro atoms. The quantitative estimate of drug-likeness (QED) is 0.369. The van der Waals surface area contributed by atoms with Crippen LogP contribution in [0.3, 0.4) is 0 Å². The van der Waals surface area contributed by atoms with Crippen LogP contribution in [0.25, 0.3) is 11.0 Å². The van der Waals surface area contributed by atoms with E-state index in [4.69, 9.17) is 20.1 Å². The van der Waals surface area contributed by atoms with E-state index in [9.17, 15) is 0 Å². The molecule has 1 aromatic heterocycles. The van der Waals surface area contributed by atoms with Crippen LogP contribution >= 0.6 is 0 Å². The first-order valence-electron chi connectivity index (χ1n) is 5.31. The summed E-state index contributed by atoms with van der Waals surface area (Å²) in [5.41, 5.74) is 7.00. The van der Waals surface area contributed by atoms with Crippen molar-refractivity contribution in [2.75, 3.05) is 6.61 Å². The molecule has 3 N–H and O–H groups in total. The second-order valence-electron chi connectivity index (χ2n) is 3.61. The average molecular weight is 234 g/mol. The predicted octanol–water partition coefficient (Wildman–Crippen LogP) is 2.23. The lowest BCUT2D eigenvalue weighted by Gasteiger charge is -2.02. The van der Waals surface area contributed by atoms with E-state index >= 15 is 0 Å². The lowest BCUT2D eigenvalue weighted by Crippen LogP contribution is -2.13. The topological polar surface area (TPSA) is 81.0 Å². The van der Waals surface area contributed by atoms with Gasteiger partial charge in [0.1, 0.15) is 0 Å². The molecule has 0 atom stereocenters. The number of amidine groups is 1.